The molecule has 0 aliphatic heterocycles. The minimum absolute atomic E-state index is 0.155. The lowest BCUT2D eigenvalue weighted by Crippen LogP contribution is -2.09. The van der Waals surface area contributed by atoms with Crippen LogP contribution in [0.4, 0.5) is 21.6 Å². The molecule has 0 radical (unpaired) electrons. The second kappa shape index (κ2) is 11.5. The topological polar surface area (TPSA) is 137 Å². The van der Waals surface area contributed by atoms with Crippen molar-refractivity contribution in [1.82, 2.24) is 25.1 Å². The van der Waals surface area contributed by atoms with E-state index in [1.54, 1.807) is 23.6 Å². The van der Waals surface area contributed by atoms with Crippen molar-refractivity contribution in [1.29, 1.82) is 0 Å². The van der Waals surface area contributed by atoms with Crippen LogP contribution in [0.25, 0.3) is 22.5 Å². The van der Waals surface area contributed by atoms with Gasteiger partial charge in [-0.1, -0.05) is 17.4 Å². The van der Waals surface area contributed by atoms with Gasteiger partial charge in [-0.2, -0.15) is 4.98 Å². The van der Waals surface area contributed by atoms with Gasteiger partial charge in [-0.15, -0.1) is 21.8 Å². The van der Waals surface area contributed by atoms with Gasteiger partial charge in [0.1, 0.15) is 35.2 Å². The number of anilines is 3. The summed E-state index contributed by atoms with van der Waals surface area (Å²) in [5.74, 6) is 1.51. The van der Waals surface area contributed by atoms with E-state index in [9.17, 15) is 4.79 Å². The van der Waals surface area contributed by atoms with Crippen molar-refractivity contribution in [3.63, 3.8) is 0 Å². The zero-order valence-corrected chi connectivity index (χ0v) is 23.0. The summed E-state index contributed by atoms with van der Waals surface area (Å²) in [6.07, 6.45) is 6.29. The summed E-state index contributed by atoms with van der Waals surface area (Å²) in [5, 5.41) is 16.4. The van der Waals surface area contributed by atoms with E-state index < -0.39 is 5.82 Å². The monoisotopic (exact) mass is 593 g/mol. The molecule has 1 aliphatic carbocycles. The quantitative estimate of drug-likeness (QED) is 0.138. The van der Waals surface area contributed by atoms with E-state index in [0.29, 0.717) is 56.7 Å². The van der Waals surface area contributed by atoms with Gasteiger partial charge in [-0.25, -0.2) is 14.4 Å². The maximum absolute atomic E-state index is 15.1. The zero-order chi connectivity index (χ0) is 28.3. The Bertz CT molecular complexity index is 1770. The van der Waals surface area contributed by atoms with Crippen molar-refractivity contribution in [2.45, 2.75) is 18.8 Å². The standard InChI is InChI=1S/C27H21ClFN7O4S/c1-38-22-11-19-16(10-20(22)32-23(37)3-2-8-28)24(31-13-30-19)33-18-7-6-15(9-17(18)29)39-27-34-21(12-41-27)26-36-35-25(40-26)14-4-5-14/h2-3,6-7,9-14H,4-5,8H2,1H3,(H,32,37)(H,30,31,33)/b3-2+. The summed E-state index contributed by atoms with van der Waals surface area (Å²) >= 11 is 6.85. The van der Waals surface area contributed by atoms with E-state index >= 15 is 4.39 Å². The lowest BCUT2D eigenvalue weighted by atomic mass is 10.1. The smallest absolute Gasteiger partial charge is 0.279 e. The highest BCUT2D eigenvalue weighted by Crippen LogP contribution is 2.40. The maximum atomic E-state index is 15.1. The number of thiazole rings is 1. The Balaban J connectivity index is 1.20. The first-order valence-electron chi connectivity index (χ1n) is 12.4. The molecule has 0 bridgehead atoms. The Morgan fingerprint density at radius 3 is 2.88 bits per heavy atom. The third-order valence-electron chi connectivity index (χ3n) is 6.04. The average Bonchev–Trinajstić information content (AvgIpc) is 3.51. The summed E-state index contributed by atoms with van der Waals surface area (Å²) in [4.78, 5) is 25.1. The van der Waals surface area contributed by atoms with E-state index in [4.69, 9.17) is 25.5 Å². The molecular formula is C27H21ClFN7O4S. The minimum atomic E-state index is -0.578. The molecule has 3 heterocycles. The number of amides is 1. The van der Waals surface area contributed by atoms with Crippen LogP contribution in [0.2, 0.25) is 0 Å². The normalized spacial score (nSPS) is 13.0. The molecule has 1 fully saturated rings. The number of fused-ring (bicyclic) bond motifs is 1. The Labute approximate surface area is 241 Å². The number of ether oxygens (including phenoxy) is 2. The van der Waals surface area contributed by atoms with Gasteiger partial charge in [-0.05, 0) is 31.0 Å². The largest absolute Gasteiger partial charge is 0.494 e. The van der Waals surface area contributed by atoms with E-state index in [1.807, 2.05) is 0 Å². The highest BCUT2D eigenvalue weighted by molar-refractivity contribution is 7.11. The van der Waals surface area contributed by atoms with Gasteiger partial charge in [0, 0.05) is 40.8 Å². The highest BCUT2D eigenvalue weighted by Gasteiger charge is 2.30. The van der Waals surface area contributed by atoms with Crippen LogP contribution in [-0.4, -0.2) is 44.0 Å². The van der Waals surface area contributed by atoms with Gasteiger partial charge in [0.15, 0.2) is 0 Å². The van der Waals surface area contributed by atoms with E-state index in [0.717, 1.165) is 12.8 Å². The molecule has 2 N–H and O–H groups in total. The number of methoxy groups -OCH3 is 1. The number of alkyl halides is 1. The number of benzene rings is 2. The molecule has 6 rings (SSSR count). The van der Waals surface area contributed by atoms with E-state index in [2.05, 4.69) is 35.8 Å². The number of hydrogen-bond donors (Lipinski definition) is 2. The lowest BCUT2D eigenvalue weighted by molar-refractivity contribution is -0.111. The minimum Gasteiger partial charge on any atom is -0.494 e. The average molecular weight is 594 g/mol. The van der Waals surface area contributed by atoms with Gasteiger partial charge >= 0.3 is 0 Å². The van der Waals surface area contributed by atoms with Gasteiger partial charge < -0.3 is 24.5 Å². The summed E-state index contributed by atoms with van der Waals surface area (Å²) in [7, 11) is 1.48. The summed E-state index contributed by atoms with van der Waals surface area (Å²) in [6, 6.07) is 7.67. The molecule has 2 aromatic carbocycles. The summed E-state index contributed by atoms with van der Waals surface area (Å²) < 4.78 is 32.0. The second-order valence-electron chi connectivity index (χ2n) is 8.92. The van der Waals surface area contributed by atoms with Crippen molar-refractivity contribution in [2.75, 3.05) is 23.6 Å². The van der Waals surface area contributed by atoms with Crippen molar-refractivity contribution in [2.24, 2.45) is 0 Å². The predicted octanol–water partition coefficient (Wildman–Crippen LogP) is 6.43. The molecular weight excluding hydrogens is 573 g/mol. The third kappa shape index (κ3) is 5.95. The Morgan fingerprint density at radius 2 is 2.10 bits per heavy atom. The van der Waals surface area contributed by atoms with Crippen molar-refractivity contribution < 1.29 is 23.1 Å². The SMILES string of the molecule is COc1cc2ncnc(Nc3ccc(Oc4nc(-c5nnc(C6CC6)o5)cs4)cc3F)c2cc1NC(=O)/C=C/CCl. The molecule has 208 valence electrons. The van der Waals surface area contributed by atoms with Crippen LogP contribution in [0.1, 0.15) is 24.7 Å². The molecule has 0 atom stereocenters. The van der Waals surface area contributed by atoms with Crippen LogP contribution in [0.5, 0.6) is 16.7 Å². The van der Waals surface area contributed by atoms with Crippen LogP contribution in [0, 0.1) is 5.82 Å². The lowest BCUT2D eigenvalue weighted by Gasteiger charge is -2.14. The Hall–Kier alpha value is -4.62. The number of nitrogens with one attached hydrogen (secondary N) is 2. The molecule has 14 heteroatoms. The summed E-state index contributed by atoms with van der Waals surface area (Å²) in [6.45, 7) is 0. The fraction of sp³-hybridized carbons (Fsp3) is 0.185. The zero-order valence-electron chi connectivity index (χ0n) is 21.4. The van der Waals surface area contributed by atoms with Gasteiger partial charge in [0.25, 0.3) is 11.1 Å². The van der Waals surface area contributed by atoms with E-state index in [-0.39, 0.29) is 23.2 Å². The van der Waals surface area contributed by atoms with Crippen molar-refractivity contribution in [3.05, 3.63) is 65.9 Å². The number of carbonyl (C=O) groups is 1. The Morgan fingerprint density at radius 1 is 1.22 bits per heavy atom. The molecule has 0 unspecified atom stereocenters. The molecule has 5 aromatic rings. The predicted molar refractivity (Wildman–Crippen MR) is 152 cm³/mol. The van der Waals surface area contributed by atoms with Crippen LogP contribution >= 0.6 is 22.9 Å². The molecule has 0 saturated heterocycles. The Kier molecular flexibility index (Phi) is 7.44. The first kappa shape index (κ1) is 26.6. The number of hydrogen-bond acceptors (Lipinski definition) is 11. The number of halogens is 2. The third-order valence-corrected chi connectivity index (χ3v) is 6.94. The van der Waals surface area contributed by atoms with Gasteiger partial charge in [-0.3, -0.25) is 4.79 Å². The van der Waals surface area contributed by atoms with E-state index in [1.165, 1.54) is 49.1 Å². The molecule has 11 nitrogen and oxygen atoms in total. The maximum Gasteiger partial charge on any atom is 0.279 e. The van der Waals surface area contributed by atoms with Crippen molar-refractivity contribution >= 4 is 56.9 Å². The summed E-state index contributed by atoms with van der Waals surface area (Å²) in [5.41, 5.74) is 1.57. The molecule has 3 aromatic heterocycles. The number of nitrogens with zero attached hydrogens (tertiary/aromatic N) is 5. The first-order chi connectivity index (χ1) is 20.0. The fourth-order valence-electron chi connectivity index (χ4n) is 3.90. The number of rotatable bonds is 10. The van der Waals surface area contributed by atoms with Crippen LogP contribution in [0.15, 0.2) is 58.6 Å². The molecule has 1 saturated carbocycles. The molecule has 1 amide bonds. The van der Waals surface area contributed by atoms with Gasteiger partial charge in [0.2, 0.25) is 11.8 Å². The van der Waals surface area contributed by atoms with Crippen LogP contribution < -0.4 is 20.1 Å². The van der Waals surface area contributed by atoms with Gasteiger partial charge in [0.05, 0.1) is 24.0 Å². The fourth-order valence-corrected chi connectivity index (χ4v) is 4.65. The van der Waals surface area contributed by atoms with Crippen LogP contribution in [0.3, 0.4) is 0 Å². The highest BCUT2D eigenvalue weighted by atomic mass is 35.5. The number of allylic oxidation sites excluding steroid dienone is 1. The van der Waals surface area contributed by atoms with Crippen molar-refractivity contribution in [3.8, 4) is 28.3 Å². The number of carbonyl (C=O) groups excluding carboxylic acids is 1. The van der Waals surface area contributed by atoms with Crippen LogP contribution in [-0.2, 0) is 4.79 Å². The first-order valence-corrected chi connectivity index (χ1v) is 13.8. The number of aromatic nitrogens is 5. The molecule has 41 heavy (non-hydrogen) atoms. The second-order valence-corrected chi connectivity index (χ2v) is 10.1. The molecule has 0 spiro atoms. The molecule has 1 aliphatic rings.